The molecule has 13 heavy (non-hydrogen) atoms. The van der Waals surface area contributed by atoms with Gasteiger partial charge in [-0.2, -0.15) is 25.8 Å². The van der Waals surface area contributed by atoms with E-state index in [1.807, 2.05) is 0 Å². The van der Waals surface area contributed by atoms with Crippen LogP contribution in [-0.2, 0) is 0 Å². The van der Waals surface area contributed by atoms with Gasteiger partial charge in [0.2, 0.25) is 0 Å². The molecule has 2 saturated carbocycles. The lowest BCUT2D eigenvalue weighted by atomic mass is 9.74. The minimum atomic E-state index is -4.05. The Labute approximate surface area is 81.3 Å². The van der Waals surface area contributed by atoms with Gasteiger partial charge in [-0.15, -0.1) is 0 Å². The number of fused-ring (bicyclic) bond motifs is 2. The van der Waals surface area contributed by atoms with Gasteiger partial charge in [0.05, 0.1) is 5.41 Å². The van der Waals surface area contributed by atoms with Gasteiger partial charge >= 0.3 is 6.18 Å². The van der Waals surface area contributed by atoms with E-state index in [-0.39, 0.29) is 17.1 Å². The Morgan fingerprint density at radius 1 is 1.31 bits per heavy atom. The summed E-state index contributed by atoms with van der Waals surface area (Å²) < 4.78 is 38.2. The molecule has 0 N–H and O–H groups in total. The van der Waals surface area contributed by atoms with Gasteiger partial charge in [-0.25, -0.2) is 0 Å². The van der Waals surface area contributed by atoms with Crippen molar-refractivity contribution < 1.29 is 13.2 Å². The highest BCUT2D eigenvalue weighted by Crippen LogP contribution is 2.63. The minimum Gasteiger partial charge on any atom is -0.176 e. The highest BCUT2D eigenvalue weighted by molar-refractivity contribution is 7.81. The quantitative estimate of drug-likeness (QED) is 0.583. The molecule has 0 amide bonds. The lowest BCUT2D eigenvalue weighted by Gasteiger charge is -2.38. The fourth-order valence-corrected chi connectivity index (χ4v) is 3.80. The maximum absolute atomic E-state index is 12.7. The molecule has 4 atom stereocenters. The molecule has 4 unspecified atom stereocenters. The lowest BCUT2D eigenvalue weighted by Crippen LogP contribution is -2.43. The van der Waals surface area contributed by atoms with E-state index >= 15 is 0 Å². The summed E-state index contributed by atoms with van der Waals surface area (Å²) in [5, 5.41) is -0.0367. The summed E-state index contributed by atoms with van der Waals surface area (Å²) in [6.45, 7) is 1.36. The maximum atomic E-state index is 12.7. The van der Waals surface area contributed by atoms with Crippen molar-refractivity contribution in [1.82, 2.24) is 0 Å². The molecule has 0 heterocycles. The van der Waals surface area contributed by atoms with Gasteiger partial charge in [0.1, 0.15) is 0 Å². The van der Waals surface area contributed by atoms with E-state index in [0.29, 0.717) is 6.42 Å². The summed E-state index contributed by atoms with van der Waals surface area (Å²) in [7, 11) is 0. The first-order chi connectivity index (χ1) is 5.84. The number of alkyl halides is 3. The molecule has 4 heteroatoms. The van der Waals surface area contributed by atoms with Crippen molar-refractivity contribution >= 4 is 12.6 Å². The average molecular weight is 210 g/mol. The number of hydrogen-bond acceptors (Lipinski definition) is 1. The molecule has 0 radical (unpaired) electrons. The third kappa shape index (κ3) is 1.21. The summed E-state index contributed by atoms with van der Waals surface area (Å²) in [4.78, 5) is 0. The molecule has 2 rings (SSSR count). The maximum Gasteiger partial charge on any atom is 0.394 e. The van der Waals surface area contributed by atoms with Crippen molar-refractivity contribution in [3.63, 3.8) is 0 Å². The Kier molecular flexibility index (Phi) is 1.93. The first-order valence-corrected chi connectivity index (χ1v) is 5.11. The standard InChI is InChI=1S/C9H13F3S/c1-8(9(10,11)12)4-5-2-6(8)7(13)3-5/h5-7,13H,2-4H2,1H3. The van der Waals surface area contributed by atoms with Crippen molar-refractivity contribution in [2.24, 2.45) is 17.3 Å². The molecule has 0 aromatic heterocycles. The van der Waals surface area contributed by atoms with Crippen molar-refractivity contribution in [3.8, 4) is 0 Å². The van der Waals surface area contributed by atoms with Gasteiger partial charge in [-0.3, -0.25) is 0 Å². The molecule has 2 aliphatic rings. The second kappa shape index (κ2) is 2.59. The van der Waals surface area contributed by atoms with E-state index in [0.717, 1.165) is 12.8 Å². The monoisotopic (exact) mass is 210 g/mol. The van der Waals surface area contributed by atoms with Gasteiger partial charge in [-0.1, -0.05) is 6.92 Å². The van der Waals surface area contributed by atoms with Crippen LogP contribution in [-0.4, -0.2) is 11.4 Å². The van der Waals surface area contributed by atoms with Crippen molar-refractivity contribution in [1.29, 1.82) is 0 Å². The number of thiol groups is 1. The summed E-state index contributed by atoms with van der Waals surface area (Å²) in [5.74, 6) is 0.0139. The van der Waals surface area contributed by atoms with E-state index in [1.54, 1.807) is 0 Å². The third-order valence-electron chi connectivity index (χ3n) is 3.81. The van der Waals surface area contributed by atoms with Crippen LogP contribution in [0.5, 0.6) is 0 Å². The molecule has 0 aliphatic heterocycles. The molecule has 0 aromatic carbocycles. The Hall–Kier alpha value is 0.140. The number of rotatable bonds is 0. The highest BCUT2D eigenvalue weighted by Gasteiger charge is 2.64. The van der Waals surface area contributed by atoms with E-state index < -0.39 is 11.6 Å². The normalized spacial score (nSPS) is 50.1. The predicted octanol–water partition coefficient (Wildman–Crippen LogP) is 3.28. The van der Waals surface area contributed by atoms with Crippen LogP contribution in [0.15, 0.2) is 0 Å². The highest BCUT2D eigenvalue weighted by atomic mass is 32.1. The van der Waals surface area contributed by atoms with Crippen LogP contribution in [0.4, 0.5) is 13.2 Å². The van der Waals surface area contributed by atoms with Crippen LogP contribution in [0.25, 0.3) is 0 Å². The molecule has 2 aliphatic carbocycles. The predicted molar refractivity (Wildman–Crippen MR) is 47.8 cm³/mol. The minimum absolute atomic E-state index is 0.0367. The van der Waals surface area contributed by atoms with Crippen LogP contribution in [0, 0.1) is 17.3 Å². The zero-order valence-electron chi connectivity index (χ0n) is 7.43. The van der Waals surface area contributed by atoms with Gasteiger partial charge in [-0.05, 0) is 31.1 Å². The molecule has 0 aromatic rings. The van der Waals surface area contributed by atoms with Crippen LogP contribution >= 0.6 is 12.6 Å². The zero-order valence-corrected chi connectivity index (χ0v) is 8.33. The molecular weight excluding hydrogens is 197 g/mol. The number of hydrogen-bond donors (Lipinski definition) is 1. The molecule has 76 valence electrons. The van der Waals surface area contributed by atoms with Crippen molar-refractivity contribution in [3.05, 3.63) is 0 Å². The zero-order chi connectivity index (χ0) is 9.85. The second-order valence-electron chi connectivity index (χ2n) is 4.63. The SMILES string of the molecule is CC1(C(F)(F)F)CC2CC(S)C1C2. The molecule has 0 saturated heterocycles. The van der Waals surface area contributed by atoms with Crippen LogP contribution in [0.3, 0.4) is 0 Å². The largest absolute Gasteiger partial charge is 0.394 e. The second-order valence-corrected chi connectivity index (χ2v) is 5.29. The summed E-state index contributed by atoms with van der Waals surface area (Å²) in [5.41, 5.74) is -1.46. The Bertz CT molecular complexity index is 225. The molecule has 2 fully saturated rings. The Morgan fingerprint density at radius 3 is 2.23 bits per heavy atom. The lowest BCUT2D eigenvalue weighted by molar-refractivity contribution is -0.233. The summed E-state index contributed by atoms with van der Waals surface area (Å²) >= 11 is 4.24. The van der Waals surface area contributed by atoms with Crippen molar-refractivity contribution in [2.45, 2.75) is 37.6 Å². The van der Waals surface area contributed by atoms with Crippen LogP contribution in [0.1, 0.15) is 26.2 Å². The number of halogens is 3. The first-order valence-electron chi connectivity index (χ1n) is 4.59. The van der Waals surface area contributed by atoms with Gasteiger partial charge < -0.3 is 0 Å². The average Bonchev–Trinajstić information content (AvgIpc) is 2.41. The molecule has 0 nitrogen and oxygen atoms in total. The third-order valence-corrected chi connectivity index (χ3v) is 4.38. The van der Waals surface area contributed by atoms with Gasteiger partial charge in [0.25, 0.3) is 0 Å². The topological polar surface area (TPSA) is 0 Å². The van der Waals surface area contributed by atoms with E-state index in [1.165, 1.54) is 6.92 Å². The fourth-order valence-electron chi connectivity index (χ4n) is 3.05. The van der Waals surface area contributed by atoms with Gasteiger partial charge in [0.15, 0.2) is 0 Å². The molecule has 2 bridgehead atoms. The first kappa shape index (κ1) is 9.69. The van der Waals surface area contributed by atoms with Crippen LogP contribution < -0.4 is 0 Å². The van der Waals surface area contributed by atoms with E-state index in [4.69, 9.17) is 0 Å². The van der Waals surface area contributed by atoms with E-state index in [2.05, 4.69) is 12.6 Å². The summed E-state index contributed by atoms with van der Waals surface area (Å²) in [6.07, 6.45) is -2.13. The van der Waals surface area contributed by atoms with E-state index in [9.17, 15) is 13.2 Å². The molecule has 0 spiro atoms. The summed E-state index contributed by atoms with van der Waals surface area (Å²) in [6, 6.07) is 0. The van der Waals surface area contributed by atoms with Crippen molar-refractivity contribution in [2.75, 3.05) is 0 Å². The smallest absolute Gasteiger partial charge is 0.176 e. The van der Waals surface area contributed by atoms with Crippen LogP contribution in [0.2, 0.25) is 0 Å². The Balaban J connectivity index is 2.27. The molecular formula is C9H13F3S. The fraction of sp³-hybridized carbons (Fsp3) is 1.00. The van der Waals surface area contributed by atoms with Gasteiger partial charge in [0, 0.05) is 5.25 Å². The Morgan fingerprint density at radius 2 is 1.92 bits per heavy atom.